The van der Waals surface area contributed by atoms with Crippen molar-refractivity contribution in [2.24, 2.45) is 0 Å². The molecule has 0 saturated carbocycles. The molecule has 0 aliphatic rings. The number of fused-ring (bicyclic) bond motifs is 1. The van der Waals surface area contributed by atoms with Crippen molar-refractivity contribution in [3.05, 3.63) is 39.7 Å². The number of rotatable bonds is 7. The summed E-state index contributed by atoms with van der Waals surface area (Å²) in [5.74, 6) is 0.288. The van der Waals surface area contributed by atoms with Gasteiger partial charge in [-0.25, -0.2) is 4.79 Å². The fourth-order valence-electron chi connectivity index (χ4n) is 2.41. The Hall–Kier alpha value is -2.38. The molecule has 0 spiro atoms. The zero-order valence-corrected chi connectivity index (χ0v) is 13.7. The van der Waals surface area contributed by atoms with Crippen molar-refractivity contribution in [2.45, 2.75) is 25.9 Å². The molecule has 0 aliphatic carbocycles. The molecule has 24 heavy (non-hydrogen) atoms. The van der Waals surface area contributed by atoms with E-state index in [4.69, 9.17) is 14.3 Å². The second-order valence-corrected chi connectivity index (χ2v) is 5.50. The summed E-state index contributed by atoms with van der Waals surface area (Å²) in [4.78, 5) is 23.9. The number of aryl methyl sites for hydroxylation is 1. The monoisotopic (exact) mass is 335 g/mol. The molecule has 3 N–H and O–H groups in total. The number of hydrogen-bond donors (Lipinski definition) is 3. The van der Waals surface area contributed by atoms with Crippen LogP contribution in [0.15, 0.2) is 27.4 Å². The molecule has 0 fully saturated rings. The summed E-state index contributed by atoms with van der Waals surface area (Å²) in [6, 6.07) is 5.24. The molecule has 1 heterocycles. The molecule has 7 nitrogen and oxygen atoms in total. The highest BCUT2D eigenvalue weighted by Crippen LogP contribution is 2.24. The summed E-state index contributed by atoms with van der Waals surface area (Å²) in [5, 5.41) is 21.2. The smallest absolute Gasteiger partial charge is 0.339 e. The molecule has 2 rings (SSSR count). The minimum absolute atomic E-state index is 0.0273. The van der Waals surface area contributed by atoms with Crippen LogP contribution in [0.5, 0.6) is 5.75 Å². The lowest BCUT2D eigenvalue weighted by atomic mass is 10.0. The van der Waals surface area contributed by atoms with Crippen molar-refractivity contribution in [3.8, 4) is 5.75 Å². The van der Waals surface area contributed by atoms with Crippen LogP contribution < -0.4 is 15.7 Å². The minimum Gasteiger partial charge on any atom is -0.497 e. The van der Waals surface area contributed by atoms with Gasteiger partial charge in [0.2, 0.25) is 5.91 Å². The van der Waals surface area contributed by atoms with Crippen molar-refractivity contribution in [1.29, 1.82) is 0 Å². The van der Waals surface area contributed by atoms with E-state index in [1.807, 2.05) is 13.0 Å². The first kappa shape index (κ1) is 18.0. The lowest BCUT2D eigenvalue weighted by Crippen LogP contribution is -2.34. The average molecular weight is 335 g/mol. The molecule has 0 aliphatic heterocycles. The Morgan fingerprint density at radius 3 is 2.83 bits per heavy atom. The number of amides is 1. The van der Waals surface area contributed by atoms with Crippen LogP contribution in [0.3, 0.4) is 0 Å². The number of aliphatic hydroxyl groups is 2. The lowest BCUT2D eigenvalue weighted by Gasteiger charge is -2.10. The first-order valence-electron chi connectivity index (χ1n) is 7.62. The maximum Gasteiger partial charge on any atom is 0.339 e. The highest BCUT2D eigenvalue weighted by molar-refractivity contribution is 5.82. The van der Waals surface area contributed by atoms with Crippen LogP contribution in [-0.2, 0) is 11.2 Å². The van der Waals surface area contributed by atoms with Crippen molar-refractivity contribution in [2.75, 3.05) is 20.3 Å². The van der Waals surface area contributed by atoms with Gasteiger partial charge in [-0.2, -0.15) is 0 Å². The number of nitrogens with one attached hydrogen (secondary N) is 1. The number of methoxy groups -OCH3 is 1. The van der Waals surface area contributed by atoms with Gasteiger partial charge in [-0.3, -0.25) is 4.79 Å². The molecule has 0 radical (unpaired) electrons. The summed E-state index contributed by atoms with van der Waals surface area (Å²) >= 11 is 0. The average Bonchev–Trinajstić information content (AvgIpc) is 2.58. The predicted molar refractivity (Wildman–Crippen MR) is 88.2 cm³/mol. The summed E-state index contributed by atoms with van der Waals surface area (Å²) in [5.41, 5.74) is 1.19. The number of aliphatic hydroxyl groups excluding tert-OH is 2. The molecule has 1 aromatic carbocycles. The molecule has 0 saturated heterocycles. The van der Waals surface area contributed by atoms with Gasteiger partial charge in [-0.05, 0) is 31.0 Å². The number of ether oxygens (including phenoxy) is 1. The van der Waals surface area contributed by atoms with Gasteiger partial charge in [0.1, 0.15) is 11.3 Å². The SMILES string of the molecule is COc1ccc2c(C)c(CCC(=O)NC[C@H](O)CO)c(=O)oc2c1. The third kappa shape index (κ3) is 4.12. The van der Waals surface area contributed by atoms with Gasteiger partial charge < -0.3 is 24.7 Å². The number of carbonyl (C=O) groups is 1. The van der Waals surface area contributed by atoms with Gasteiger partial charge in [-0.1, -0.05) is 0 Å². The number of carbonyl (C=O) groups excluding carboxylic acids is 1. The highest BCUT2D eigenvalue weighted by Gasteiger charge is 2.14. The largest absolute Gasteiger partial charge is 0.497 e. The highest BCUT2D eigenvalue weighted by atomic mass is 16.5. The van der Waals surface area contributed by atoms with Crippen molar-refractivity contribution in [3.63, 3.8) is 0 Å². The van der Waals surface area contributed by atoms with Crippen molar-refractivity contribution < 1.29 is 24.2 Å². The van der Waals surface area contributed by atoms with Crippen LogP contribution in [0.4, 0.5) is 0 Å². The Morgan fingerprint density at radius 2 is 2.17 bits per heavy atom. The van der Waals surface area contributed by atoms with Crippen LogP contribution in [0.1, 0.15) is 17.5 Å². The van der Waals surface area contributed by atoms with Crippen LogP contribution in [0.25, 0.3) is 11.0 Å². The van der Waals surface area contributed by atoms with E-state index in [2.05, 4.69) is 5.32 Å². The Kier molecular flexibility index (Phi) is 5.94. The molecule has 2 aromatic rings. The normalized spacial score (nSPS) is 12.2. The fourth-order valence-corrected chi connectivity index (χ4v) is 2.41. The fraction of sp³-hybridized carbons (Fsp3) is 0.412. The van der Waals surface area contributed by atoms with E-state index in [1.165, 1.54) is 7.11 Å². The third-order valence-electron chi connectivity index (χ3n) is 3.84. The van der Waals surface area contributed by atoms with Gasteiger partial charge in [0.05, 0.1) is 19.8 Å². The Labute approximate surface area is 138 Å². The van der Waals surface area contributed by atoms with Crippen LogP contribution in [0, 0.1) is 6.92 Å². The minimum atomic E-state index is -0.989. The Bertz CT molecular complexity index is 782. The molecular formula is C17H21NO6. The van der Waals surface area contributed by atoms with Gasteiger partial charge in [0, 0.05) is 30.0 Å². The van der Waals surface area contributed by atoms with Crippen LogP contribution in [0.2, 0.25) is 0 Å². The molecule has 130 valence electrons. The van der Waals surface area contributed by atoms with Crippen molar-refractivity contribution in [1.82, 2.24) is 5.32 Å². The van der Waals surface area contributed by atoms with E-state index in [0.717, 1.165) is 10.9 Å². The summed E-state index contributed by atoms with van der Waals surface area (Å²) in [6.45, 7) is 1.37. The zero-order chi connectivity index (χ0) is 17.7. The molecule has 0 bridgehead atoms. The molecule has 1 amide bonds. The van der Waals surface area contributed by atoms with Gasteiger partial charge in [0.15, 0.2) is 0 Å². The van der Waals surface area contributed by atoms with Crippen molar-refractivity contribution >= 4 is 16.9 Å². The first-order valence-corrected chi connectivity index (χ1v) is 7.62. The lowest BCUT2D eigenvalue weighted by molar-refractivity contribution is -0.121. The van der Waals surface area contributed by atoms with E-state index >= 15 is 0 Å². The van der Waals surface area contributed by atoms with Gasteiger partial charge in [0.25, 0.3) is 0 Å². The first-order chi connectivity index (χ1) is 11.5. The van der Waals surface area contributed by atoms with Crippen LogP contribution in [-0.4, -0.2) is 42.5 Å². The van der Waals surface area contributed by atoms with Gasteiger partial charge in [-0.15, -0.1) is 0 Å². The standard InChI is InChI=1S/C17H21NO6/c1-10-13-4-3-12(23-2)7-15(13)24-17(22)14(10)5-6-16(21)18-8-11(20)9-19/h3-4,7,11,19-20H,5-6,8-9H2,1-2H3,(H,18,21)/t11-/m0/s1. The van der Waals surface area contributed by atoms with E-state index in [0.29, 0.717) is 16.9 Å². The summed E-state index contributed by atoms with van der Waals surface area (Å²) in [7, 11) is 1.53. The maximum absolute atomic E-state index is 12.2. The van der Waals surface area contributed by atoms with E-state index in [1.54, 1.807) is 12.1 Å². The topological polar surface area (TPSA) is 109 Å². The van der Waals surface area contributed by atoms with Crippen LogP contribution >= 0.6 is 0 Å². The molecular weight excluding hydrogens is 314 g/mol. The summed E-state index contributed by atoms with van der Waals surface area (Å²) in [6.07, 6.45) is -0.667. The second kappa shape index (κ2) is 7.94. The van der Waals surface area contributed by atoms with E-state index in [-0.39, 0.29) is 25.3 Å². The number of hydrogen-bond acceptors (Lipinski definition) is 6. The quantitative estimate of drug-likeness (QED) is 0.636. The van der Waals surface area contributed by atoms with E-state index in [9.17, 15) is 14.7 Å². The Morgan fingerprint density at radius 1 is 1.42 bits per heavy atom. The van der Waals surface area contributed by atoms with Gasteiger partial charge >= 0.3 is 5.63 Å². The molecule has 7 heteroatoms. The maximum atomic E-state index is 12.2. The molecule has 0 unspecified atom stereocenters. The molecule has 1 aromatic heterocycles. The number of benzene rings is 1. The predicted octanol–water partition coefficient (Wildman–Crippen LogP) is 0.512. The second-order valence-electron chi connectivity index (χ2n) is 5.50. The summed E-state index contributed by atoms with van der Waals surface area (Å²) < 4.78 is 10.4. The van der Waals surface area contributed by atoms with E-state index < -0.39 is 18.3 Å². The third-order valence-corrected chi connectivity index (χ3v) is 3.84. The Balaban J connectivity index is 2.15. The zero-order valence-electron chi connectivity index (χ0n) is 13.7. The molecule has 1 atom stereocenters.